The zero-order valence-electron chi connectivity index (χ0n) is 33.0. The molecule has 3 atom stereocenters. The molecule has 2 unspecified atom stereocenters. The minimum absolute atomic E-state index is 0.0857. The lowest BCUT2D eigenvalue weighted by molar-refractivity contribution is -0.142. The number of carboxylic acids is 1. The molecular weight excluding hydrogens is 811 g/mol. The fourth-order valence-electron chi connectivity index (χ4n) is 7.70. The molecule has 0 saturated heterocycles. The Morgan fingerprint density at radius 3 is 2.30 bits per heavy atom. The van der Waals surface area contributed by atoms with Crippen molar-refractivity contribution >= 4 is 46.7 Å². The van der Waals surface area contributed by atoms with Crippen molar-refractivity contribution in [2.24, 2.45) is 0 Å². The first-order valence-corrected chi connectivity index (χ1v) is 20.5. The lowest BCUT2D eigenvalue weighted by Crippen LogP contribution is -2.54. The van der Waals surface area contributed by atoms with Crippen LogP contribution < -0.4 is 20.1 Å². The number of rotatable bonds is 12. The number of nitriles is 1. The van der Waals surface area contributed by atoms with Crippen LogP contribution in [0.5, 0.6) is 11.5 Å². The van der Waals surface area contributed by atoms with E-state index >= 15 is 0 Å². The van der Waals surface area contributed by atoms with Gasteiger partial charge >= 0.3 is 5.97 Å². The van der Waals surface area contributed by atoms with Gasteiger partial charge in [-0.3, -0.25) is 14.5 Å². The van der Waals surface area contributed by atoms with Crippen molar-refractivity contribution in [3.63, 3.8) is 0 Å². The standard InChI is InChI=1S/C49H40Cl2N4O6/c1-29-4-2-3-5-36(29)26-55-27-38-24-45-42(53-48(57)46(61-45)35-15-17-39(18-16-35)60-28-32-10-19-40(50)41(51)20-32)22-37(38)23-44(55)47(56)54-43(49(58)59)21-30-6-11-33(12-7-30)34-13-8-31(25-52)9-14-34/h2-20,22,24,43-44,46H,21,23,26-28H2,1H3,(H,53,57)(H,54,56)(H,58,59)/t43-,44?,46?/m0/s1. The highest BCUT2D eigenvalue weighted by molar-refractivity contribution is 6.42. The lowest BCUT2D eigenvalue weighted by atomic mass is 9.91. The van der Waals surface area contributed by atoms with Gasteiger partial charge in [0.1, 0.15) is 24.1 Å². The lowest BCUT2D eigenvalue weighted by Gasteiger charge is -2.38. The van der Waals surface area contributed by atoms with E-state index in [0.29, 0.717) is 51.4 Å². The van der Waals surface area contributed by atoms with Crippen LogP contribution in [-0.2, 0) is 46.9 Å². The topological polar surface area (TPSA) is 141 Å². The van der Waals surface area contributed by atoms with E-state index in [1.165, 1.54) is 0 Å². The smallest absolute Gasteiger partial charge is 0.326 e. The molecule has 12 heteroatoms. The van der Waals surface area contributed by atoms with Gasteiger partial charge in [-0.1, -0.05) is 102 Å². The van der Waals surface area contributed by atoms with Gasteiger partial charge in [-0.25, -0.2) is 4.79 Å². The molecule has 2 aliphatic rings. The Balaban J connectivity index is 0.984. The van der Waals surface area contributed by atoms with Crippen LogP contribution in [0.15, 0.2) is 127 Å². The number of hydrogen-bond donors (Lipinski definition) is 3. The Bertz CT molecular complexity index is 2660. The third-order valence-electron chi connectivity index (χ3n) is 11.1. The third-order valence-corrected chi connectivity index (χ3v) is 11.9. The monoisotopic (exact) mass is 850 g/mol. The van der Waals surface area contributed by atoms with Gasteiger partial charge in [0.25, 0.3) is 5.91 Å². The molecule has 0 aromatic heterocycles. The average molecular weight is 852 g/mol. The molecule has 0 fully saturated rings. The normalized spacial score (nSPS) is 16.2. The molecule has 0 radical (unpaired) electrons. The van der Waals surface area contributed by atoms with Gasteiger partial charge in [0.05, 0.1) is 33.4 Å². The number of nitrogens with one attached hydrogen (secondary N) is 2. The van der Waals surface area contributed by atoms with Crippen LogP contribution in [0.2, 0.25) is 10.0 Å². The van der Waals surface area contributed by atoms with Gasteiger partial charge in [0, 0.05) is 25.1 Å². The number of carbonyl (C=O) groups is 3. The molecule has 2 amide bonds. The van der Waals surface area contributed by atoms with Gasteiger partial charge in [-0.2, -0.15) is 5.26 Å². The van der Waals surface area contributed by atoms with Crippen molar-refractivity contribution in [3.8, 4) is 28.7 Å². The number of halogens is 2. The minimum atomic E-state index is -1.17. The molecule has 2 heterocycles. The molecule has 0 bridgehead atoms. The Labute approximate surface area is 363 Å². The number of anilines is 1. The molecule has 61 heavy (non-hydrogen) atoms. The fourth-order valence-corrected chi connectivity index (χ4v) is 8.02. The zero-order chi connectivity index (χ0) is 42.6. The number of benzene rings is 6. The number of ether oxygens (including phenoxy) is 2. The molecule has 6 aromatic carbocycles. The van der Waals surface area contributed by atoms with Crippen molar-refractivity contribution in [3.05, 3.63) is 182 Å². The maximum Gasteiger partial charge on any atom is 0.326 e. The van der Waals surface area contributed by atoms with E-state index < -0.39 is 30.1 Å². The highest BCUT2D eigenvalue weighted by atomic mass is 35.5. The summed E-state index contributed by atoms with van der Waals surface area (Å²) in [7, 11) is 0. The molecule has 0 saturated carbocycles. The molecule has 306 valence electrons. The molecule has 0 aliphatic carbocycles. The van der Waals surface area contributed by atoms with Crippen LogP contribution in [0.4, 0.5) is 5.69 Å². The van der Waals surface area contributed by atoms with E-state index in [4.69, 9.17) is 37.9 Å². The number of aryl methyl sites for hydroxylation is 1. The van der Waals surface area contributed by atoms with Gasteiger partial charge in [0.15, 0.2) is 0 Å². The predicted octanol–water partition coefficient (Wildman–Crippen LogP) is 9.23. The van der Waals surface area contributed by atoms with E-state index in [-0.39, 0.29) is 25.4 Å². The molecule has 0 spiro atoms. The van der Waals surface area contributed by atoms with Crippen LogP contribution in [0, 0.1) is 18.3 Å². The summed E-state index contributed by atoms with van der Waals surface area (Å²) in [6.45, 7) is 3.15. The van der Waals surface area contributed by atoms with E-state index in [9.17, 15) is 19.5 Å². The molecule has 8 rings (SSSR count). The molecule has 2 aliphatic heterocycles. The van der Waals surface area contributed by atoms with Crippen LogP contribution >= 0.6 is 23.2 Å². The van der Waals surface area contributed by atoms with E-state index in [1.807, 2.05) is 85.8 Å². The second kappa shape index (κ2) is 17.9. The van der Waals surface area contributed by atoms with Crippen molar-refractivity contribution in [1.29, 1.82) is 5.26 Å². The quantitative estimate of drug-likeness (QED) is 0.111. The SMILES string of the molecule is Cc1ccccc1CN1Cc2cc3c(cc2CC1C(=O)N[C@@H](Cc1ccc(-c2ccc(C#N)cc2)cc1)C(=O)O)NC(=O)C(c1ccc(OCc2ccc(Cl)c(Cl)c2)cc1)O3. The summed E-state index contributed by atoms with van der Waals surface area (Å²) in [5.41, 5.74) is 9.11. The first-order chi connectivity index (χ1) is 29.5. The summed E-state index contributed by atoms with van der Waals surface area (Å²) in [5.74, 6) is -0.753. The van der Waals surface area contributed by atoms with Crippen molar-refractivity contribution in [2.45, 2.75) is 57.6 Å². The number of carbonyl (C=O) groups excluding carboxylic acids is 2. The summed E-state index contributed by atoms with van der Waals surface area (Å²) >= 11 is 12.2. The zero-order valence-corrected chi connectivity index (χ0v) is 34.5. The molecule has 10 nitrogen and oxygen atoms in total. The van der Waals surface area contributed by atoms with Crippen LogP contribution in [0.25, 0.3) is 11.1 Å². The van der Waals surface area contributed by atoms with E-state index in [2.05, 4.69) is 21.6 Å². The highest BCUT2D eigenvalue weighted by Gasteiger charge is 2.37. The maximum absolute atomic E-state index is 14.2. The Morgan fingerprint density at radius 2 is 1.61 bits per heavy atom. The number of hydrogen-bond acceptors (Lipinski definition) is 7. The van der Waals surface area contributed by atoms with Gasteiger partial charge in [-0.15, -0.1) is 0 Å². The second-order valence-corrected chi connectivity index (χ2v) is 16.1. The number of fused-ring (bicyclic) bond motifs is 2. The Kier molecular flexibility index (Phi) is 12.1. The minimum Gasteiger partial charge on any atom is -0.489 e. The Morgan fingerprint density at radius 1 is 0.902 bits per heavy atom. The largest absolute Gasteiger partial charge is 0.489 e. The predicted molar refractivity (Wildman–Crippen MR) is 233 cm³/mol. The third kappa shape index (κ3) is 9.40. The number of nitrogens with zero attached hydrogens (tertiary/aromatic N) is 2. The highest BCUT2D eigenvalue weighted by Crippen LogP contribution is 2.40. The summed E-state index contributed by atoms with van der Waals surface area (Å²) in [5, 5.41) is 26.2. The number of carboxylic acid groups (broad SMARTS) is 1. The maximum atomic E-state index is 14.2. The first kappa shape index (κ1) is 41.1. The van der Waals surface area contributed by atoms with Gasteiger partial charge in [0.2, 0.25) is 12.0 Å². The second-order valence-electron chi connectivity index (χ2n) is 15.3. The van der Waals surface area contributed by atoms with Crippen molar-refractivity contribution in [1.82, 2.24) is 10.2 Å². The van der Waals surface area contributed by atoms with Gasteiger partial charge in [-0.05, 0) is 106 Å². The molecule has 3 N–H and O–H groups in total. The van der Waals surface area contributed by atoms with Crippen molar-refractivity contribution < 1.29 is 29.0 Å². The number of amides is 2. The first-order valence-electron chi connectivity index (χ1n) is 19.7. The molecule has 6 aromatic rings. The van der Waals surface area contributed by atoms with Crippen LogP contribution in [-0.4, -0.2) is 39.9 Å². The van der Waals surface area contributed by atoms with Crippen LogP contribution in [0.1, 0.15) is 50.6 Å². The summed E-state index contributed by atoms with van der Waals surface area (Å²) < 4.78 is 12.3. The summed E-state index contributed by atoms with van der Waals surface area (Å²) in [6, 6.07) is 39.2. The van der Waals surface area contributed by atoms with E-state index in [0.717, 1.165) is 44.5 Å². The van der Waals surface area contributed by atoms with E-state index in [1.54, 1.807) is 48.5 Å². The van der Waals surface area contributed by atoms with Crippen LogP contribution in [0.3, 0.4) is 0 Å². The Hall–Kier alpha value is -6.64. The summed E-state index contributed by atoms with van der Waals surface area (Å²) in [6.07, 6.45) is -0.530. The van der Waals surface area contributed by atoms with Gasteiger partial charge < -0.3 is 25.2 Å². The fraction of sp³-hybridized carbons (Fsp3) is 0.184. The molecular formula is C49H40Cl2N4O6. The van der Waals surface area contributed by atoms with Crippen molar-refractivity contribution in [2.75, 3.05) is 5.32 Å². The average Bonchev–Trinajstić information content (AvgIpc) is 3.26. The summed E-state index contributed by atoms with van der Waals surface area (Å²) in [4.78, 5) is 42.4. The number of aliphatic carboxylic acids is 1.